The topological polar surface area (TPSA) is 59.3 Å². The van der Waals surface area contributed by atoms with Crippen molar-refractivity contribution in [2.75, 3.05) is 13.7 Å². The Hall–Kier alpha value is -2.46. The molecule has 0 bridgehead atoms. The normalized spacial score (nSPS) is 9.06. The van der Waals surface area contributed by atoms with E-state index in [1.807, 2.05) is 6.07 Å². The van der Waals surface area contributed by atoms with Crippen LogP contribution in [-0.2, 0) is 4.74 Å². The highest BCUT2D eigenvalue weighted by molar-refractivity contribution is 5.92. The first-order valence-corrected chi connectivity index (χ1v) is 5.41. The highest BCUT2D eigenvalue weighted by Crippen LogP contribution is 2.21. The van der Waals surface area contributed by atoms with Crippen LogP contribution in [0, 0.1) is 23.7 Å². The molecule has 0 radical (unpaired) electrons. The van der Waals surface area contributed by atoms with E-state index >= 15 is 0 Å². The maximum atomic E-state index is 11.5. The Balaban J connectivity index is 2.86. The molecule has 0 spiro atoms. The number of nitrogens with zero attached hydrogens (tertiary/aromatic N) is 1. The smallest absolute Gasteiger partial charge is 0.341 e. The molecule has 0 heterocycles. The molecule has 0 aromatic heterocycles. The Bertz CT molecular complexity index is 509. The van der Waals surface area contributed by atoms with Crippen LogP contribution in [0.3, 0.4) is 0 Å². The largest absolute Gasteiger partial charge is 0.493 e. The molecule has 1 aromatic carbocycles. The molecule has 0 fully saturated rings. The van der Waals surface area contributed by atoms with E-state index in [1.54, 1.807) is 12.1 Å². The minimum atomic E-state index is -0.529. The lowest BCUT2D eigenvalue weighted by Crippen LogP contribution is -2.07. The molecule has 18 heavy (non-hydrogen) atoms. The van der Waals surface area contributed by atoms with E-state index in [4.69, 9.17) is 16.4 Å². The fourth-order valence-electron chi connectivity index (χ4n) is 1.35. The first-order valence-electron chi connectivity index (χ1n) is 5.41. The van der Waals surface area contributed by atoms with Gasteiger partial charge in [0.25, 0.3) is 0 Å². The summed E-state index contributed by atoms with van der Waals surface area (Å²) in [5.74, 6) is 2.38. The van der Waals surface area contributed by atoms with E-state index in [0.29, 0.717) is 30.8 Å². The number of carbonyl (C=O) groups excluding carboxylic acids is 1. The van der Waals surface area contributed by atoms with Crippen LogP contribution in [0.5, 0.6) is 5.75 Å². The van der Waals surface area contributed by atoms with Gasteiger partial charge in [0.2, 0.25) is 0 Å². The summed E-state index contributed by atoms with van der Waals surface area (Å²) in [7, 11) is 1.28. The number of carbonyl (C=O) groups is 1. The monoisotopic (exact) mass is 243 g/mol. The number of ether oxygens (including phenoxy) is 2. The minimum absolute atomic E-state index is 0.247. The fourth-order valence-corrected chi connectivity index (χ4v) is 1.35. The summed E-state index contributed by atoms with van der Waals surface area (Å²) < 4.78 is 10.1. The van der Waals surface area contributed by atoms with Gasteiger partial charge in [0.1, 0.15) is 11.3 Å². The van der Waals surface area contributed by atoms with E-state index in [1.165, 1.54) is 13.2 Å². The highest BCUT2D eigenvalue weighted by Gasteiger charge is 2.13. The van der Waals surface area contributed by atoms with E-state index < -0.39 is 5.97 Å². The van der Waals surface area contributed by atoms with Gasteiger partial charge in [-0.25, -0.2) is 4.79 Å². The van der Waals surface area contributed by atoms with Gasteiger partial charge in [0, 0.05) is 6.42 Å². The third kappa shape index (κ3) is 3.54. The Kier molecular flexibility index (Phi) is 5.28. The maximum Gasteiger partial charge on any atom is 0.341 e. The average molecular weight is 243 g/mol. The van der Waals surface area contributed by atoms with Gasteiger partial charge in [-0.1, -0.05) is 0 Å². The molecule has 0 saturated carbocycles. The zero-order chi connectivity index (χ0) is 13.4. The lowest BCUT2D eigenvalue weighted by atomic mass is 10.1. The maximum absolute atomic E-state index is 11.5. The zero-order valence-electron chi connectivity index (χ0n) is 10.1. The van der Waals surface area contributed by atoms with E-state index in [9.17, 15) is 4.79 Å². The average Bonchev–Trinajstić information content (AvgIpc) is 2.42. The van der Waals surface area contributed by atoms with E-state index in [2.05, 4.69) is 10.7 Å². The van der Waals surface area contributed by atoms with Crippen LogP contribution in [0.2, 0.25) is 0 Å². The van der Waals surface area contributed by atoms with Gasteiger partial charge in [0.15, 0.2) is 0 Å². The van der Waals surface area contributed by atoms with Crippen molar-refractivity contribution >= 4 is 5.97 Å². The summed E-state index contributed by atoms with van der Waals surface area (Å²) in [6.07, 6.45) is 6.45. The van der Waals surface area contributed by atoms with Gasteiger partial charge in [0.05, 0.1) is 25.3 Å². The van der Waals surface area contributed by atoms with Crippen molar-refractivity contribution in [1.29, 1.82) is 5.26 Å². The SMILES string of the molecule is C#CCCCOc1ccc(C#N)cc1C(=O)OC. The molecule has 0 aliphatic rings. The summed E-state index contributed by atoms with van der Waals surface area (Å²) in [5, 5.41) is 8.79. The zero-order valence-corrected chi connectivity index (χ0v) is 10.1. The third-order valence-corrected chi connectivity index (χ3v) is 2.24. The van der Waals surface area contributed by atoms with Gasteiger partial charge >= 0.3 is 5.97 Å². The molecular weight excluding hydrogens is 230 g/mol. The second-order valence-electron chi connectivity index (χ2n) is 3.47. The van der Waals surface area contributed by atoms with Gasteiger partial charge in [-0.2, -0.15) is 5.26 Å². The second-order valence-corrected chi connectivity index (χ2v) is 3.47. The van der Waals surface area contributed by atoms with E-state index in [0.717, 1.165) is 0 Å². The Labute approximate surface area is 106 Å². The molecule has 0 unspecified atom stereocenters. The van der Waals surface area contributed by atoms with Gasteiger partial charge in [-0.3, -0.25) is 0 Å². The van der Waals surface area contributed by atoms with Crippen LogP contribution in [-0.4, -0.2) is 19.7 Å². The Morgan fingerprint density at radius 2 is 2.28 bits per heavy atom. The number of terminal acetylenes is 1. The first kappa shape index (κ1) is 13.6. The van der Waals surface area contributed by atoms with Crippen molar-refractivity contribution in [2.24, 2.45) is 0 Å². The molecule has 0 amide bonds. The molecule has 1 rings (SSSR count). The molecule has 0 aliphatic carbocycles. The third-order valence-electron chi connectivity index (χ3n) is 2.24. The summed E-state index contributed by atoms with van der Waals surface area (Å²) in [6.45, 7) is 0.417. The lowest BCUT2D eigenvalue weighted by molar-refractivity contribution is 0.0596. The molecule has 0 atom stereocenters. The van der Waals surface area contributed by atoms with Crippen molar-refractivity contribution in [2.45, 2.75) is 12.8 Å². The van der Waals surface area contributed by atoms with Crippen LogP contribution in [0.15, 0.2) is 18.2 Å². The minimum Gasteiger partial charge on any atom is -0.493 e. The van der Waals surface area contributed by atoms with Crippen LogP contribution in [0.4, 0.5) is 0 Å². The van der Waals surface area contributed by atoms with E-state index in [-0.39, 0.29) is 5.56 Å². The molecular formula is C14H13NO3. The number of unbranched alkanes of at least 4 members (excludes halogenated alkanes) is 1. The summed E-state index contributed by atoms with van der Waals surface area (Å²) in [5.41, 5.74) is 0.628. The summed E-state index contributed by atoms with van der Waals surface area (Å²) in [4.78, 5) is 11.5. The molecule has 0 saturated heterocycles. The lowest BCUT2D eigenvalue weighted by Gasteiger charge is -2.09. The fraction of sp³-hybridized carbons (Fsp3) is 0.286. The highest BCUT2D eigenvalue weighted by atomic mass is 16.5. The first-order chi connectivity index (χ1) is 8.72. The number of methoxy groups -OCH3 is 1. The van der Waals surface area contributed by atoms with Gasteiger partial charge in [-0.15, -0.1) is 12.3 Å². The number of nitriles is 1. The second kappa shape index (κ2) is 6.98. The summed E-state index contributed by atoms with van der Waals surface area (Å²) >= 11 is 0. The molecule has 1 aromatic rings. The van der Waals surface area contributed by atoms with Crippen molar-refractivity contribution in [3.63, 3.8) is 0 Å². The quantitative estimate of drug-likeness (QED) is 0.451. The predicted molar refractivity (Wildman–Crippen MR) is 66.1 cm³/mol. The predicted octanol–water partition coefficient (Wildman–Crippen LogP) is 2.14. The Morgan fingerprint density at radius 1 is 1.50 bits per heavy atom. The van der Waals surface area contributed by atoms with Crippen LogP contribution in [0.25, 0.3) is 0 Å². The standard InChI is InChI=1S/C14H13NO3/c1-3-4-5-8-18-13-7-6-11(10-15)9-12(13)14(16)17-2/h1,6-7,9H,4-5,8H2,2H3. The van der Waals surface area contributed by atoms with Crippen molar-refractivity contribution in [3.05, 3.63) is 29.3 Å². The van der Waals surface area contributed by atoms with Crippen molar-refractivity contribution < 1.29 is 14.3 Å². The van der Waals surface area contributed by atoms with Gasteiger partial charge in [-0.05, 0) is 24.6 Å². The van der Waals surface area contributed by atoms with Crippen LogP contribution in [0.1, 0.15) is 28.8 Å². The number of hydrogen-bond donors (Lipinski definition) is 0. The molecule has 4 heteroatoms. The number of esters is 1. The molecule has 0 aliphatic heterocycles. The van der Waals surface area contributed by atoms with Crippen LogP contribution >= 0.6 is 0 Å². The number of rotatable bonds is 5. The van der Waals surface area contributed by atoms with Gasteiger partial charge < -0.3 is 9.47 Å². The Morgan fingerprint density at radius 3 is 2.89 bits per heavy atom. The van der Waals surface area contributed by atoms with Crippen molar-refractivity contribution in [1.82, 2.24) is 0 Å². The van der Waals surface area contributed by atoms with Crippen LogP contribution < -0.4 is 4.74 Å². The summed E-state index contributed by atoms with van der Waals surface area (Å²) in [6, 6.07) is 6.58. The number of benzene rings is 1. The molecule has 4 nitrogen and oxygen atoms in total. The molecule has 0 N–H and O–H groups in total. The van der Waals surface area contributed by atoms with Crippen molar-refractivity contribution in [3.8, 4) is 24.2 Å². The number of hydrogen-bond acceptors (Lipinski definition) is 4. The molecule has 92 valence electrons.